The summed E-state index contributed by atoms with van der Waals surface area (Å²) in [6, 6.07) is 8.04. The molecule has 1 amide bonds. The summed E-state index contributed by atoms with van der Waals surface area (Å²) < 4.78 is 37.7. The van der Waals surface area contributed by atoms with E-state index in [4.69, 9.17) is 0 Å². The molecule has 2 heterocycles. The number of aromatic nitrogens is 1. The van der Waals surface area contributed by atoms with Crippen LogP contribution in [-0.4, -0.2) is 53.9 Å². The van der Waals surface area contributed by atoms with Gasteiger partial charge in [0.25, 0.3) is 5.91 Å². The molecule has 1 aliphatic heterocycles. The fourth-order valence-corrected chi connectivity index (χ4v) is 2.68. The van der Waals surface area contributed by atoms with Crippen molar-refractivity contribution in [3.8, 4) is 0 Å². The minimum absolute atomic E-state index is 0.112. The first-order valence-corrected chi connectivity index (χ1v) is 8.21. The molecule has 0 radical (unpaired) electrons. The number of amides is 1. The Kier molecular flexibility index (Phi) is 5.13. The molecule has 8 heteroatoms. The van der Waals surface area contributed by atoms with Gasteiger partial charge in [0, 0.05) is 31.9 Å². The van der Waals surface area contributed by atoms with E-state index in [2.05, 4.69) is 15.2 Å². The summed E-state index contributed by atoms with van der Waals surface area (Å²) in [5, 5.41) is 2.97. The molecule has 138 valence electrons. The molecule has 0 aliphatic carbocycles. The smallest absolute Gasteiger partial charge is 0.354 e. The van der Waals surface area contributed by atoms with Gasteiger partial charge in [-0.15, -0.1) is 0 Å². The normalized spacial score (nSPS) is 15.8. The zero-order chi connectivity index (χ0) is 18.7. The van der Waals surface area contributed by atoms with E-state index >= 15 is 0 Å². The highest BCUT2D eigenvalue weighted by Gasteiger charge is 2.29. The number of carbonyl (C=O) groups excluding carboxylic acids is 1. The van der Waals surface area contributed by atoms with E-state index in [1.165, 1.54) is 18.3 Å². The largest absolute Gasteiger partial charge is 0.416 e. The zero-order valence-corrected chi connectivity index (χ0v) is 14.3. The number of nitrogens with zero attached hydrogens (tertiary/aromatic N) is 3. The molecule has 0 unspecified atom stereocenters. The van der Waals surface area contributed by atoms with Crippen LogP contribution in [0.15, 0.2) is 42.6 Å². The number of piperazine rings is 1. The van der Waals surface area contributed by atoms with Gasteiger partial charge in [-0.1, -0.05) is 0 Å². The van der Waals surface area contributed by atoms with Crippen molar-refractivity contribution in [2.24, 2.45) is 0 Å². The minimum atomic E-state index is -4.36. The lowest BCUT2D eigenvalue weighted by Crippen LogP contribution is -2.47. The van der Waals surface area contributed by atoms with Gasteiger partial charge >= 0.3 is 6.18 Å². The molecule has 1 aliphatic rings. The van der Waals surface area contributed by atoms with E-state index in [-0.39, 0.29) is 5.91 Å². The van der Waals surface area contributed by atoms with Crippen LogP contribution < -0.4 is 5.32 Å². The molecule has 1 aromatic carbocycles. The Labute approximate surface area is 149 Å². The maximum absolute atomic E-state index is 12.6. The van der Waals surface area contributed by atoms with Crippen molar-refractivity contribution in [3.05, 3.63) is 53.9 Å². The fraction of sp³-hybridized carbons (Fsp3) is 0.333. The van der Waals surface area contributed by atoms with E-state index in [0.29, 0.717) is 30.2 Å². The number of halogens is 3. The predicted octanol–water partition coefficient (Wildman–Crippen LogP) is 3.23. The number of hydrogen-bond acceptors (Lipinski definition) is 4. The Balaban J connectivity index is 1.63. The highest BCUT2D eigenvalue weighted by Crippen LogP contribution is 2.30. The zero-order valence-electron chi connectivity index (χ0n) is 14.3. The molecule has 1 fully saturated rings. The van der Waals surface area contributed by atoms with Crippen molar-refractivity contribution >= 4 is 17.3 Å². The number of rotatable bonds is 3. The first-order valence-electron chi connectivity index (χ1n) is 8.21. The van der Waals surface area contributed by atoms with Crippen molar-refractivity contribution in [3.63, 3.8) is 0 Å². The second kappa shape index (κ2) is 7.33. The summed E-state index contributed by atoms with van der Waals surface area (Å²) in [4.78, 5) is 20.5. The SMILES string of the molecule is CN1CCN(C(=O)c2ccc(Nc3ccc(C(F)(F)F)cc3)cn2)CC1. The standard InChI is InChI=1S/C18H19F3N4O/c1-24-8-10-25(11-9-24)17(26)16-7-6-15(12-22-16)23-14-4-2-13(3-5-14)18(19,20)21/h2-7,12,23H,8-11H2,1H3. The van der Waals surface area contributed by atoms with Gasteiger partial charge in [0.05, 0.1) is 17.4 Å². The molecular weight excluding hydrogens is 345 g/mol. The topological polar surface area (TPSA) is 48.5 Å². The monoisotopic (exact) mass is 364 g/mol. The van der Waals surface area contributed by atoms with Crippen LogP contribution in [0.1, 0.15) is 16.1 Å². The highest BCUT2D eigenvalue weighted by molar-refractivity contribution is 5.92. The number of carbonyl (C=O) groups is 1. The van der Waals surface area contributed by atoms with Gasteiger partial charge in [-0.25, -0.2) is 4.98 Å². The Hall–Kier alpha value is -2.61. The van der Waals surface area contributed by atoms with Crippen LogP contribution in [0.25, 0.3) is 0 Å². The number of alkyl halides is 3. The molecule has 0 saturated carbocycles. The molecular formula is C18H19F3N4O. The third kappa shape index (κ3) is 4.32. The second-order valence-corrected chi connectivity index (χ2v) is 6.23. The van der Waals surface area contributed by atoms with Crippen LogP contribution in [0.3, 0.4) is 0 Å². The number of nitrogens with one attached hydrogen (secondary N) is 1. The lowest BCUT2D eigenvalue weighted by Gasteiger charge is -2.32. The first-order chi connectivity index (χ1) is 12.3. The summed E-state index contributed by atoms with van der Waals surface area (Å²) in [6.07, 6.45) is -2.85. The van der Waals surface area contributed by atoms with Crippen molar-refractivity contribution in [1.82, 2.24) is 14.8 Å². The molecule has 1 saturated heterocycles. The Morgan fingerprint density at radius 2 is 1.62 bits per heavy atom. The summed E-state index contributed by atoms with van der Waals surface area (Å²) in [6.45, 7) is 3.00. The molecule has 1 N–H and O–H groups in total. The maximum Gasteiger partial charge on any atom is 0.416 e. The fourth-order valence-electron chi connectivity index (χ4n) is 2.68. The van der Waals surface area contributed by atoms with Crippen LogP contribution in [-0.2, 0) is 6.18 Å². The molecule has 0 bridgehead atoms. The van der Waals surface area contributed by atoms with Gasteiger partial charge in [0.15, 0.2) is 0 Å². The van der Waals surface area contributed by atoms with Crippen molar-refractivity contribution in [2.45, 2.75) is 6.18 Å². The average molecular weight is 364 g/mol. The number of benzene rings is 1. The molecule has 0 atom stereocenters. The van der Waals surface area contributed by atoms with Gasteiger partial charge in [-0.05, 0) is 43.4 Å². The van der Waals surface area contributed by atoms with E-state index in [9.17, 15) is 18.0 Å². The first kappa shape index (κ1) is 18.2. The van der Waals surface area contributed by atoms with Gasteiger partial charge in [-0.2, -0.15) is 13.2 Å². The summed E-state index contributed by atoms with van der Waals surface area (Å²) in [5.41, 5.74) is 0.763. The number of anilines is 2. The summed E-state index contributed by atoms with van der Waals surface area (Å²) in [7, 11) is 2.02. The average Bonchev–Trinajstić information content (AvgIpc) is 2.62. The Morgan fingerprint density at radius 1 is 1.00 bits per heavy atom. The molecule has 1 aromatic heterocycles. The van der Waals surface area contributed by atoms with E-state index in [1.54, 1.807) is 17.0 Å². The van der Waals surface area contributed by atoms with Gasteiger partial charge < -0.3 is 15.1 Å². The van der Waals surface area contributed by atoms with E-state index in [1.807, 2.05) is 7.05 Å². The van der Waals surface area contributed by atoms with Crippen LogP contribution in [0.2, 0.25) is 0 Å². The number of pyridine rings is 1. The summed E-state index contributed by atoms with van der Waals surface area (Å²) >= 11 is 0. The van der Waals surface area contributed by atoms with Crippen molar-refractivity contribution in [2.75, 3.05) is 38.5 Å². The maximum atomic E-state index is 12.6. The third-order valence-electron chi connectivity index (χ3n) is 4.27. The Morgan fingerprint density at radius 3 is 2.15 bits per heavy atom. The molecule has 3 rings (SSSR count). The second-order valence-electron chi connectivity index (χ2n) is 6.23. The van der Waals surface area contributed by atoms with Crippen LogP contribution in [0.5, 0.6) is 0 Å². The molecule has 5 nitrogen and oxygen atoms in total. The molecule has 0 spiro atoms. The predicted molar refractivity (Wildman–Crippen MR) is 92.4 cm³/mol. The van der Waals surface area contributed by atoms with Crippen LogP contribution in [0.4, 0.5) is 24.5 Å². The van der Waals surface area contributed by atoms with E-state index < -0.39 is 11.7 Å². The minimum Gasteiger partial charge on any atom is -0.354 e. The van der Waals surface area contributed by atoms with Crippen molar-refractivity contribution < 1.29 is 18.0 Å². The van der Waals surface area contributed by atoms with Gasteiger partial charge in [0.1, 0.15) is 5.69 Å². The number of hydrogen-bond donors (Lipinski definition) is 1. The lowest BCUT2D eigenvalue weighted by atomic mass is 10.2. The lowest BCUT2D eigenvalue weighted by molar-refractivity contribution is -0.137. The third-order valence-corrected chi connectivity index (χ3v) is 4.27. The molecule has 26 heavy (non-hydrogen) atoms. The van der Waals surface area contributed by atoms with Gasteiger partial charge in [0.2, 0.25) is 0 Å². The highest BCUT2D eigenvalue weighted by atomic mass is 19.4. The van der Waals surface area contributed by atoms with Crippen molar-refractivity contribution in [1.29, 1.82) is 0 Å². The number of likely N-dealkylation sites (N-methyl/N-ethyl adjacent to an activating group) is 1. The van der Waals surface area contributed by atoms with E-state index in [0.717, 1.165) is 25.2 Å². The van der Waals surface area contributed by atoms with Gasteiger partial charge in [-0.3, -0.25) is 4.79 Å². The van der Waals surface area contributed by atoms with Crippen LogP contribution >= 0.6 is 0 Å². The summed E-state index contributed by atoms with van der Waals surface area (Å²) in [5.74, 6) is -0.112. The van der Waals surface area contributed by atoms with Crippen LogP contribution in [0, 0.1) is 0 Å². The quantitative estimate of drug-likeness (QED) is 0.909. The molecule has 2 aromatic rings. The Bertz CT molecular complexity index is 752.